The van der Waals surface area contributed by atoms with E-state index in [0.717, 1.165) is 67.0 Å². The highest BCUT2D eigenvalue weighted by molar-refractivity contribution is 5.97. The summed E-state index contributed by atoms with van der Waals surface area (Å²) in [5.41, 5.74) is 3.79. The van der Waals surface area contributed by atoms with Crippen molar-refractivity contribution in [3.8, 4) is 11.5 Å². The molecule has 0 radical (unpaired) electrons. The lowest BCUT2D eigenvalue weighted by Gasteiger charge is -2.47. The van der Waals surface area contributed by atoms with E-state index in [-0.39, 0.29) is 18.4 Å². The number of carbonyl (C=O) groups is 2. The normalized spacial score (nSPS) is 21.9. The number of benzene rings is 2. The van der Waals surface area contributed by atoms with Crippen LogP contribution in [0.3, 0.4) is 0 Å². The summed E-state index contributed by atoms with van der Waals surface area (Å²) in [5.74, 6) is 1.27. The van der Waals surface area contributed by atoms with Crippen molar-refractivity contribution in [1.82, 2.24) is 19.7 Å². The van der Waals surface area contributed by atoms with E-state index in [1.165, 1.54) is 0 Å². The SMILES string of the molecule is COc1ccc(OC)c(C2c3[nH]c4ccccc4c3CC3C(=O)N(CCCN4CCOCC4)CC(=O)N32)c1. The average molecular weight is 519 g/mol. The number of methoxy groups -OCH3 is 2. The molecule has 1 aromatic heterocycles. The Kier molecular flexibility index (Phi) is 6.71. The number of hydrogen-bond acceptors (Lipinski definition) is 6. The molecule has 0 bridgehead atoms. The molecule has 2 saturated heterocycles. The quantitative estimate of drug-likeness (QED) is 0.518. The summed E-state index contributed by atoms with van der Waals surface area (Å²) in [6.45, 7) is 4.87. The third-order valence-corrected chi connectivity index (χ3v) is 8.08. The van der Waals surface area contributed by atoms with Crippen LogP contribution in [0, 0.1) is 0 Å². The number of fused-ring (bicyclic) bond motifs is 4. The average Bonchev–Trinajstić information content (AvgIpc) is 3.33. The van der Waals surface area contributed by atoms with Gasteiger partial charge in [0.1, 0.15) is 23.6 Å². The predicted octanol–water partition coefficient (Wildman–Crippen LogP) is 2.59. The summed E-state index contributed by atoms with van der Waals surface area (Å²) in [6.07, 6.45) is 1.31. The molecule has 3 aliphatic rings. The van der Waals surface area contributed by atoms with Gasteiger partial charge in [-0.3, -0.25) is 14.5 Å². The van der Waals surface area contributed by atoms with Gasteiger partial charge in [-0.1, -0.05) is 18.2 Å². The molecule has 4 heterocycles. The van der Waals surface area contributed by atoms with E-state index in [1.807, 2.05) is 36.4 Å². The molecule has 6 rings (SSSR count). The van der Waals surface area contributed by atoms with Gasteiger partial charge in [0.05, 0.1) is 34.0 Å². The smallest absolute Gasteiger partial charge is 0.246 e. The number of nitrogens with one attached hydrogen (secondary N) is 1. The molecule has 2 aromatic carbocycles. The van der Waals surface area contributed by atoms with Crippen molar-refractivity contribution in [3.63, 3.8) is 0 Å². The Morgan fingerprint density at radius 1 is 1.03 bits per heavy atom. The van der Waals surface area contributed by atoms with Gasteiger partial charge >= 0.3 is 0 Å². The van der Waals surface area contributed by atoms with Crippen LogP contribution < -0.4 is 9.47 Å². The Balaban J connectivity index is 1.36. The standard InChI is InChI=1S/C29H34N4O5/c1-36-19-8-9-25(37-2)22(16-19)28-27-21(20-6-3-4-7-23(20)30-27)17-24-29(35)32(18-26(34)33(24)28)11-5-10-31-12-14-38-15-13-31/h3-4,6-9,16,24,28,30H,5,10-15,17-18H2,1-2H3. The minimum absolute atomic E-state index is 0.00868. The van der Waals surface area contributed by atoms with E-state index < -0.39 is 12.1 Å². The number of para-hydroxylation sites is 1. The Morgan fingerprint density at radius 2 is 1.84 bits per heavy atom. The molecule has 2 unspecified atom stereocenters. The highest BCUT2D eigenvalue weighted by atomic mass is 16.5. The van der Waals surface area contributed by atoms with Crippen LogP contribution in [0.2, 0.25) is 0 Å². The largest absolute Gasteiger partial charge is 0.497 e. The fraction of sp³-hybridized carbons (Fsp3) is 0.448. The first-order valence-corrected chi connectivity index (χ1v) is 13.3. The molecular formula is C29H34N4O5. The van der Waals surface area contributed by atoms with Crippen molar-refractivity contribution in [3.05, 3.63) is 59.3 Å². The number of aromatic nitrogens is 1. The molecule has 38 heavy (non-hydrogen) atoms. The first kappa shape index (κ1) is 24.8. The number of amides is 2. The summed E-state index contributed by atoms with van der Waals surface area (Å²) in [7, 11) is 3.24. The van der Waals surface area contributed by atoms with Crippen LogP contribution in [0.25, 0.3) is 10.9 Å². The van der Waals surface area contributed by atoms with E-state index >= 15 is 0 Å². The van der Waals surface area contributed by atoms with Crippen LogP contribution in [0.15, 0.2) is 42.5 Å². The minimum atomic E-state index is -0.577. The van der Waals surface area contributed by atoms with Crippen molar-refractivity contribution in [2.45, 2.75) is 24.9 Å². The maximum absolute atomic E-state index is 13.9. The summed E-state index contributed by atoms with van der Waals surface area (Å²) >= 11 is 0. The molecule has 200 valence electrons. The lowest BCUT2D eigenvalue weighted by atomic mass is 9.85. The summed E-state index contributed by atoms with van der Waals surface area (Å²) < 4.78 is 16.7. The van der Waals surface area contributed by atoms with E-state index in [9.17, 15) is 9.59 Å². The maximum Gasteiger partial charge on any atom is 0.246 e. The van der Waals surface area contributed by atoms with Crippen molar-refractivity contribution >= 4 is 22.7 Å². The van der Waals surface area contributed by atoms with Crippen LogP contribution in [0.4, 0.5) is 0 Å². The summed E-state index contributed by atoms with van der Waals surface area (Å²) in [5, 5.41) is 1.08. The molecule has 2 amide bonds. The van der Waals surface area contributed by atoms with Crippen LogP contribution in [-0.2, 0) is 20.7 Å². The highest BCUT2D eigenvalue weighted by Crippen LogP contribution is 2.45. The molecule has 3 aromatic rings. The van der Waals surface area contributed by atoms with Crippen LogP contribution in [0.1, 0.15) is 29.3 Å². The van der Waals surface area contributed by atoms with Gasteiger partial charge in [0.15, 0.2) is 0 Å². The van der Waals surface area contributed by atoms with Gasteiger partial charge in [-0.05, 0) is 36.2 Å². The van der Waals surface area contributed by atoms with Crippen molar-refractivity contribution < 1.29 is 23.8 Å². The fourth-order valence-corrected chi connectivity index (χ4v) is 6.20. The molecule has 3 aliphatic heterocycles. The number of morpholine rings is 1. The number of carbonyl (C=O) groups excluding carboxylic acids is 2. The third-order valence-electron chi connectivity index (χ3n) is 8.08. The van der Waals surface area contributed by atoms with Crippen molar-refractivity contribution in [2.75, 3.05) is 60.2 Å². The lowest BCUT2D eigenvalue weighted by molar-refractivity contribution is -0.158. The molecule has 0 spiro atoms. The Bertz CT molecular complexity index is 1350. The van der Waals surface area contributed by atoms with Crippen molar-refractivity contribution in [1.29, 1.82) is 0 Å². The van der Waals surface area contributed by atoms with E-state index in [0.29, 0.717) is 24.5 Å². The molecular weight excluding hydrogens is 484 g/mol. The highest BCUT2D eigenvalue weighted by Gasteiger charge is 2.48. The topological polar surface area (TPSA) is 87.3 Å². The number of H-pyrrole nitrogens is 1. The first-order valence-electron chi connectivity index (χ1n) is 13.3. The zero-order valence-corrected chi connectivity index (χ0v) is 21.9. The molecule has 9 nitrogen and oxygen atoms in total. The molecule has 2 atom stereocenters. The van der Waals surface area contributed by atoms with Crippen LogP contribution >= 0.6 is 0 Å². The van der Waals surface area contributed by atoms with E-state index in [2.05, 4.69) is 16.0 Å². The second-order valence-electron chi connectivity index (χ2n) is 10.2. The van der Waals surface area contributed by atoms with Gasteiger partial charge in [-0.25, -0.2) is 0 Å². The predicted molar refractivity (Wildman–Crippen MR) is 142 cm³/mol. The van der Waals surface area contributed by atoms with Gasteiger partial charge in [-0.2, -0.15) is 0 Å². The molecule has 0 saturated carbocycles. The van der Waals surface area contributed by atoms with Crippen LogP contribution in [0.5, 0.6) is 11.5 Å². The Labute approximate surface area is 222 Å². The molecule has 0 aliphatic carbocycles. The Hall–Kier alpha value is -3.56. The number of rotatable bonds is 7. The fourth-order valence-electron chi connectivity index (χ4n) is 6.20. The van der Waals surface area contributed by atoms with E-state index in [4.69, 9.17) is 14.2 Å². The number of aromatic amines is 1. The third kappa shape index (κ3) is 4.29. The van der Waals surface area contributed by atoms with Gasteiger partial charge in [-0.15, -0.1) is 0 Å². The molecule has 9 heteroatoms. The lowest BCUT2D eigenvalue weighted by Crippen LogP contribution is -2.63. The number of ether oxygens (including phenoxy) is 3. The second-order valence-corrected chi connectivity index (χ2v) is 10.2. The molecule has 2 fully saturated rings. The summed E-state index contributed by atoms with van der Waals surface area (Å²) in [6, 6.07) is 12.7. The number of hydrogen-bond donors (Lipinski definition) is 1. The zero-order chi connectivity index (χ0) is 26.2. The second kappa shape index (κ2) is 10.3. The van der Waals surface area contributed by atoms with Gasteiger partial charge in [0, 0.05) is 54.8 Å². The monoisotopic (exact) mass is 518 g/mol. The van der Waals surface area contributed by atoms with Gasteiger partial charge in [0.25, 0.3) is 0 Å². The van der Waals surface area contributed by atoms with Crippen LogP contribution in [-0.4, -0.2) is 97.7 Å². The molecule has 1 N–H and O–H groups in total. The number of piperazine rings is 1. The van der Waals surface area contributed by atoms with Crippen molar-refractivity contribution in [2.24, 2.45) is 0 Å². The number of nitrogens with zero attached hydrogens (tertiary/aromatic N) is 3. The van der Waals surface area contributed by atoms with Gasteiger partial charge < -0.3 is 29.0 Å². The zero-order valence-electron chi connectivity index (χ0n) is 21.9. The maximum atomic E-state index is 13.9. The summed E-state index contributed by atoms with van der Waals surface area (Å²) in [4.78, 5) is 37.2. The minimum Gasteiger partial charge on any atom is -0.497 e. The first-order chi connectivity index (χ1) is 18.6. The van der Waals surface area contributed by atoms with Gasteiger partial charge in [0.2, 0.25) is 11.8 Å². The van der Waals surface area contributed by atoms with E-state index in [1.54, 1.807) is 24.0 Å². The Morgan fingerprint density at radius 3 is 2.63 bits per heavy atom.